The number of benzene rings is 2. The highest BCUT2D eigenvalue weighted by molar-refractivity contribution is 9.10. The van der Waals surface area contributed by atoms with Crippen LogP contribution in [0.2, 0.25) is 0 Å². The van der Waals surface area contributed by atoms with Crippen molar-refractivity contribution in [2.45, 2.75) is 13.8 Å². The number of rotatable bonds is 3. The first-order valence-corrected chi connectivity index (χ1v) is 8.62. The Morgan fingerprint density at radius 3 is 2.65 bits per heavy atom. The van der Waals surface area contributed by atoms with Crippen molar-refractivity contribution in [2.24, 2.45) is 0 Å². The third-order valence-corrected chi connectivity index (χ3v) is 5.17. The lowest BCUT2D eigenvalue weighted by Gasteiger charge is -2.08. The van der Waals surface area contributed by atoms with Gasteiger partial charge >= 0.3 is 0 Å². The van der Waals surface area contributed by atoms with Crippen LogP contribution in [-0.2, 0) is 0 Å². The molecular formula is C17H15BrN2O2S. The first-order chi connectivity index (χ1) is 11.0. The molecule has 0 saturated carbocycles. The molecule has 0 radical (unpaired) electrons. The van der Waals surface area contributed by atoms with E-state index in [1.54, 1.807) is 19.2 Å². The summed E-state index contributed by atoms with van der Waals surface area (Å²) in [6.07, 6.45) is 0. The minimum absolute atomic E-state index is 0.238. The Morgan fingerprint density at radius 2 is 1.96 bits per heavy atom. The average Bonchev–Trinajstić information content (AvgIpc) is 2.96. The van der Waals surface area contributed by atoms with Gasteiger partial charge < -0.3 is 4.74 Å². The van der Waals surface area contributed by atoms with Gasteiger partial charge in [-0.05, 0) is 43.2 Å². The van der Waals surface area contributed by atoms with Crippen LogP contribution in [0.4, 0.5) is 5.13 Å². The number of nitrogens with zero attached hydrogens (tertiary/aromatic N) is 1. The number of halogens is 1. The van der Waals surface area contributed by atoms with E-state index < -0.39 is 0 Å². The summed E-state index contributed by atoms with van der Waals surface area (Å²) in [6, 6.07) is 9.43. The van der Waals surface area contributed by atoms with E-state index in [0.29, 0.717) is 16.4 Å². The number of fused-ring (bicyclic) bond motifs is 1. The molecule has 1 amide bonds. The number of carbonyl (C=O) groups excluding carboxylic acids is 1. The Labute approximate surface area is 146 Å². The largest absolute Gasteiger partial charge is 0.496 e. The summed E-state index contributed by atoms with van der Waals surface area (Å²) in [5, 5.41) is 3.46. The van der Waals surface area contributed by atoms with Crippen LogP contribution >= 0.6 is 27.3 Å². The van der Waals surface area contributed by atoms with Gasteiger partial charge in [-0.15, -0.1) is 0 Å². The number of methoxy groups -OCH3 is 1. The van der Waals surface area contributed by atoms with Crippen molar-refractivity contribution in [3.05, 3.63) is 51.5 Å². The molecule has 0 saturated heterocycles. The fraction of sp³-hybridized carbons (Fsp3) is 0.176. The molecule has 0 aliphatic carbocycles. The Kier molecular flexibility index (Phi) is 4.37. The molecule has 23 heavy (non-hydrogen) atoms. The van der Waals surface area contributed by atoms with Gasteiger partial charge in [-0.25, -0.2) is 4.98 Å². The maximum atomic E-state index is 12.5. The van der Waals surface area contributed by atoms with Gasteiger partial charge in [-0.1, -0.05) is 39.4 Å². The maximum absolute atomic E-state index is 12.5. The van der Waals surface area contributed by atoms with Gasteiger partial charge in [0.2, 0.25) is 0 Å². The molecule has 0 atom stereocenters. The summed E-state index contributed by atoms with van der Waals surface area (Å²) in [5.74, 6) is 0.289. The van der Waals surface area contributed by atoms with Crippen molar-refractivity contribution in [3.63, 3.8) is 0 Å². The van der Waals surface area contributed by atoms with Crippen molar-refractivity contribution in [3.8, 4) is 5.75 Å². The van der Waals surface area contributed by atoms with Gasteiger partial charge in [-0.2, -0.15) is 0 Å². The van der Waals surface area contributed by atoms with Crippen LogP contribution in [0, 0.1) is 13.8 Å². The second-order valence-electron chi connectivity index (χ2n) is 5.19. The predicted molar refractivity (Wildman–Crippen MR) is 97.7 cm³/mol. The van der Waals surface area contributed by atoms with Crippen LogP contribution in [0.25, 0.3) is 10.2 Å². The summed E-state index contributed by atoms with van der Waals surface area (Å²) >= 11 is 4.86. The maximum Gasteiger partial charge on any atom is 0.261 e. The summed E-state index contributed by atoms with van der Waals surface area (Å²) < 4.78 is 7.18. The second-order valence-corrected chi connectivity index (χ2v) is 7.11. The molecule has 3 rings (SSSR count). The zero-order valence-corrected chi connectivity index (χ0v) is 15.3. The number of thiazole rings is 1. The molecule has 3 aromatic rings. The van der Waals surface area contributed by atoms with E-state index in [1.807, 2.05) is 26.0 Å². The molecule has 0 bridgehead atoms. The van der Waals surface area contributed by atoms with Crippen molar-refractivity contribution >= 4 is 48.5 Å². The molecule has 2 aromatic carbocycles. The summed E-state index contributed by atoms with van der Waals surface area (Å²) in [6.45, 7) is 4.06. The van der Waals surface area contributed by atoms with E-state index >= 15 is 0 Å². The second kappa shape index (κ2) is 6.29. The third kappa shape index (κ3) is 3.09. The van der Waals surface area contributed by atoms with Gasteiger partial charge in [-0.3, -0.25) is 10.1 Å². The first-order valence-electron chi connectivity index (χ1n) is 7.01. The molecule has 1 N–H and O–H groups in total. The summed E-state index contributed by atoms with van der Waals surface area (Å²) in [7, 11) is 1.55. The number of amides is 1. The highest BCUT2D eigenvalue weighted by Gasteiger charge is 2.16. The van der Waals surface area contributed by atoms with Gasteiger partial charge in [0.1, 0.15) is 5.75 Å². The number of aryl methyl sites for hydroxylation is 2. The van der Waals surface area contributed by atoms with Crippen LogP contribution in [-0.4, -0.2) is 18.0 Å². The van der Waals surface area contributed by atoms with Crippen LogP contribution in [0.1, 0.15) is 21.5 Å². The number of carbonyl (C=O) groups is 1. The normalized spacial score (nSPS) is 10.8. The average molecular weight is 391 g/mol. The number of hydrogen-bond donors (Lipinski definition) is 1. The molecule has 118 valence electrons. The molecule has 0 fully saturated rings. The molecule has 4 nitrogen and oxygen atoms in total. The molecule has 0 unspecified atom stereocenters. The Bertz CT molecular complexity index is 866. The Morgan fingerprint density at radius 1 is 1.22 bits per heavy atom. The smallest absolute Gasteiger partial charge is 0.261 e. The highest BCUT2D eigenvalue weighted by atomic mass is 79.9. The lowest BCUT2D eigenvalue weighted by atomic mass is 10.1. The van der Waals surface area contributed by atoms with E-state index in [2.05, 4.69) is 32.3 Å². The Balaban J connectivity index is 1.96. The number of hydrogen-bond acceptors (Lipinski definition) is 4. The summed E-state index contributed by atoms with van der Waals surface area (Å²) in [4.78, 5) is 17.1. The molecule has 0 aliphatic heterocycles. The lowest BCUT2D eigenvalue weighted by molar-refractivity contribution is 0.102. The third-order valence-electron chi connectivity index (χ3n) is 3.57. The fourth-order valence-corrected chi connectivity index (χ4v) is 3.70. The molecular weight excluding hydrogens is 376 g/mol. The van der Waals surface area contributed by atoms with Gasteiger partial charge in [0, 0.05) is 4.47 Å². The molecule has 6 heteroatoms. The fourth-order valence-electron chi connectivity index (χ4n) is 2.33. The topological polar surface area (TPSA) is 51.2 Å². The molecule has 1 aromatic heterocycles. The van der Waals surface area contributed by atoms with Crippen LogP contribution in [0.15, 0.2) is 34.8 Å². The van der Waals surface area contributed by atoms with E-state index in [9.17, 15) is 4.79 Å². The Hall–Kier alpha value is -1.92. The zero-order chi connectivity index (χ0) is 16.6. The van der Waals surface area contributed by atoms with E-state index in [-0.39, 0.29) is 5.91 Å². The summed E-state index contributed by atoms with van der Waals surface area (Å²) in [5.41, 5.74) is 3.66. The zero-order valence-electron chi connectivity index (χ0n) is 12.9. The van der Waals surface area contributed by atoms with Crippen LogP contribution < -0.4 is 10.1 Å². The van der Waals surface area contributed by atoms with E-state index in [0.717, 1.165) is 25.8 Å². The minimum atomic E-state index is -0.238. The van der Waals surface area contributed by atoms with E-state index in [1.165, 1.54) is 11.3 Å². The number of nitrogens with one attached hydrogen (secondary N) is 1. The minimum Gasteiger partial charge on any atom is -0.496 e. The standard InChI is InChI=1S/C17H15BrN2O2S/c1-9-4-5-10(2)15-14(9)19-17(23-15)20-16(21)12-8-11(18)6-7-13(12)22-3/h4-8H,1-3H3,(H,19,20,21). The SMILES string of the molecule is COc1ccc(Br)cc1C(=O)Nc1nc2c(C)ccc(C)c2s1. The highest BCUT2D eigenvalue weighted by Crippen LogP contribution is 2.32. The number of ether oxygens (including phenoxy) is 1. The molecule has 0 aliphatic rings. The monoisotopic (exact) mass is 390 g/mol. The van der Waals surface area contributed by atoms with Gasteiger partial charge in [0.25, 0.3) is 5.91 Å². The number of aromatic nitrogens is 1. The number of anilines is 1. The van der Waals surface area contributed by atoms with Gasteiger partial charge in [0.15, 0.2) is 5.13 Å². The predicted octanol–water partition coefficient (Wildman–Crippen LogP) is 4.94. The first kappa shape index (κ1) is 16.0. The molecule has 0 spiro atoms. The van der Waals surface area contributed by atoms with Crippen molar-refractivity contribution in [1.82, 2.24) is 4.98 Å². The van der Waals surface area contributed by atoms with Crippen LogP contribution in [0.3, 0.4) is 0 Å². The van der Waals surface area contributed by atoms with Crippen molar-refractivity contribution in [2.75, 3.05) is 12.4 Å². The van der Waals surface area contributed by atoms with Crippen molar-refractivity contribution < 1.29 is 9.53 Å². The van der Waals surface area contributed by atoms with E-state index in [4.69, 9.17) is 4.74 Å². The quantitative estimate of drug-likeness (QED) is 0.688. The van der Waals surface area contributed by atoms with Gasteiger partial charge in [0.05, 0.1) is 22.9 Å². The van der Waals surface area contributed by atoms with Crippen LogP contribution in [0.5, 0.6) is 5.75 Å². The lowest BCUT2D eigenvalue weighted by Crippen LogP contribution is -2.13. The molecule has 1 heterocycles. The van der Waals surface area contributed by atoms with Crippen molar-refractivity contribution in [1.29, 1.82) is 0 Å².